The number of aryl methyl sites for hydroxylation is 1. The normalized spacial score (nSPS) is 12.4. The van der Waals surface area contributed by atoms with Gasteiger partial charge in [-0.25, -0.2) is 4.98 Å². The second-order valence-corrected chi connectivity index (χ2v) is 5.57. The van der Waals surface area contributed by atoms with E-state index in [1.807, 2.05) is 39.0 Å². The highest BCUT2D eigenvalue weighted by Crippen LogP contribution is 2.25. The minimum atomic E-state index is -0.651. The van der Waals surface area contributed by atoms with Gasteiger partial charge in [-0.2, -0.15) is 5.10 Å². The number of carbonyl (C=O) groups excluding carboxylic acids is 1. The topological polar surface area (TPSA) is 90.9 Å². The highest BCUT2D eigenvalue weighted by atomic mass is 16.3. The van der Waals surface area contributed by atoms with Crippen LogP contribution in [0.25, 0.3) is 11.4 Å². The van der Waals surface area contributed by atoms with Crippen LogP contribution in [0.4, 0.5) is 5.69 Å². The molecule has 2 aromatic rings. The fourth-order valence-electron chi connectivity index (χ4n) is 1.99. The number of aromatic amines is 1. The first kappa shape index (κ1) is 16.2. The summed E-state index contributed by atoms with van der Waals surface area (Å²) in [7, 11) is 0. The highest BCUT2D eigenvalue weighted by molar-refractivity contribution is 5.94. The lowest BCUT2D eigenvalue weighted by Crippen LogP contribution is -2.23. The van der Waals surface area contributed by atoms with Gasteiger partial charge in [0.25, 0.3) is 0 Å². The number of hydrogen-bond donors (Lipinski definition) is 3. The first-order valence-electron chi connectivity index (χ1n) is 7.49. The Bertz CT molecular complexity index is 637. The zero-order valence-corrected chi connectivity index (χ0v) is 13.1. The molecule has 0 radical (unpaired) electrons. The number of rotatable bonds is 6. The molecule has 0 fully saturated rings. The van der Waals surface area contributed by atoms with Crippen molar-refractivity contribution in [3.05, 3.63) is 30.1 Å². The van der Waals surface area contributed by atoms with E-state index in [2.05, 4.69) is 20.5 Å². The standard InChI is InChI=1S/C16H22N4O2/c1-4-14-18-16(20-19-14)11-7-5-6-8-12(11)17-15(22)9-13(21)10(2)3/h5-8,10,13,21H,4,9H2,1-3H3,(H,17,22)(H,18,19,20). The van der Waals surface area contributed by atoms with Crippen LogP contribution in [0.5, 0.6) is 0 Å². The molecule has 0 aliphatic carbocycles. The summed E-state index contributed by atoms with van der Waals surface area (Å²) in [5, 5.41) is 19.7. The first-order chi connectivity index (χ1) is 10.5. The van der Waals surface area contributed by atoms with Crippen LogP contribution in [0.3, 0.4) is 0 Å². The molecule has 0 aliphatic rings. The van der Waals surface area contributed by atoms with E-state index >= 15 is 0 Å². The van der Waals surface area contributed by atoms with Crippen molar-refractivity contribution in [1.29, 1.82) is 0 Å². The Kier molecular flexibility index (Phi) is 5.27. The molecule has 22 heavy (non-hydrogen) atoms. The maximum atomic E-state index is 12.1. The Morgan fingerprint density at radius 1 is 1.36 bits per heavy atom. The number of hydrogen-bond acceptors (Lipinski definition) is 4. The molecule has 6 nitrogen and oxygen atoms in total. The van der Waals surface area contributed by atoms with Gasteiger partial charge in [-0.3, -0.25) is 9.89 Å². The SMILES string of the molecule is CCc1nc(-c2ccccc2NC(=O)CC(O)C(C)C)n[nH]1. The predicted molar refractivity (Wildman–Crippen MR) is 85.3 cm³/mol. The van der Waals surface area contributed by atoms with Gasteiger partial charge in [0.05, 0.1) is 18.2 Å². The van der Waals surface area contributed by atoms with E-state index in [1.54, 1.807) is 6.07 Å². The summed E-state index contributed by atoms with van der Waals surface area (Å²) in [6, 6.07) is 7.37. The molecule has 1 unspecified atom stereocenters. The van der Waals surface area contributed by atoms with Crippen molar-refractivity contribution < 1.29 is 9.90 Å². The molecule has 2 rings (SSSR count). The number of H-pyrrole nitrogens is 1. The third kappa shape index (κ3) is 3.92. The number of para-hydroxylation sites is 1. The number of nitrogens with zero attached hydrogens (tertiary/aromatic N) is 2. The summed E-state index contributed by atoms with van der Waals surface area (Å²) in [5.41, 5.74) is 1.40. The molecule has 1 amide bonds. The van der Waals surface area contributed by atoms with Gasteiger partial charge in [0.1, 0.15) is 5.82 Å². The molecular formula is C16H22N4O2. The summed E-state index contributed by atoms with van der Waals surface area (Å²) in [6.07, 6.45) is 0.185. The number of aromatic nitrogens is 3. The molecule has 1 atom stereocenters. The Labute approximate surface area is 130 Å². The van der Waals surface area contributed by atoms with Crippen molar-refractivity contribution in [2.75, 3.05) is 5.32 Å². The summed E-state index contributed by atoms with van der Waals surface area (Å²) < 4.78 is 0. The zero-order valence-electron chi connectivity index (χ0n) is 13.1. The van der Waals surface area contributed by atoms with Crippen molar-refractivity contribution in [3.63, 3.8) is 0 Å². The summed E-state index contributed by atoms with van der Waals surface area (Å²) in [6.45, 7) is 5.75. The molecule has 0 aliphatic heterocycles. The van der Waals surface area contributed by atoms with Gasteiger partial charge in [0, 0.05) is 12.0 Å². The van der Waals surface area contributed by atoms with E-state index in [0.717, 1.165) is 17.8 Å². The van der Waals surface area contributed by atoms with Gasteiger partial charge in [-0.15, -0.1) is 0 Å². The quantitative estimate of drug-likeness (QED) is 0.764. The molecule has 1 aromatic heterocycles. The van der Waals surface area contributed by atoms with E-state index in [4.69, 9.17) is 0 Å². The minimum Gasteiger partial charge on any atom is -0.392 e. The lowest BCUT2D eigenvalue weighted by Gasteiger charge is -2.15. The molecule has 6 heteroatoms. The van der Waals surface area contributed by atoms with Crippen LogP contribution >= 0.6 is 0 Å². The molecule has 0 spiro atoms. The van der Waals surface area contributed by atoms with E-state index < -0.39 is 6.10 Å². The van der Waals surface area contributed by atoms with Crippen LogP contribution in [0.2, 0.25) is 0 Å². The van der Waals surface area contributed by atoms with Crippen LogP contribution in [0.15, 0.2) is 24.3 Å². The van der Waals surface area contributed by atoms with Crippen molar-refractivity contribution in [2.24, 2.45) is 5.92 Å². The fourth-order valence-corrected chi connectivity index (χ4v) is 1.99. The molecule has 118 valence electrons. The van der Waals surface area contributed by atoms with E-state index in [-0.39, 0.29) is 18.2 Å². The lowest BCUT2D eigenvalue weighted by atomic mass is 10.0. The average molecular weight is 302 g/mol. The minimum absolute atomic E-state index is 0.0427. The van der Waals surface area contributed by atoms with Crippen molar-refractivity contribution in [2.45, 2.75) is 39.7 Å². The second kappa shape index (κ2) is 7.17. The van der Waals surface area contributed by atoms with E-state index in [9.17, 15) is 9.90 Å². The molecule has 1 heterocycles. The largest absolute Gasteiger partial charge is 0.392 e. The average Bonchev–Trinajstić information content (AvgIpc) is 2.96. The third-order valence-electron chi connectivity index (χ3n) is 3.47. The molecule has 0 saturated carbocycles. The maximum absolute atomic E-state index is 12.1. The van der Waals surface area contributed by atoms with Gasteiger partial charge < -0.3 is 10.4 Å². The molecule has 0 saturated heterocycles. The van der Waals surface area contributed by atoms with Gasteiger partial charge in [-0.1, -0.05) is 32.9 Å². The third-order valence-corrected chi connectivity index (χ3v) is 3.47. The van der Waals surface area contributed by atoms with E-state index in [1.165, 1.54) is 0 Å². The summed E-state index contributed by atoms with van der Waals surface area (Å²) in [5.74, 6) is 1.17. The predicted octanol–water partition coefficient (Wildman–Crippen LogP) is 2.38. The summed E-state index contributed by atoms with van der Waals surface area (Å²) in [4.78, 5) is 16.4. The second-order valence-electron chi connectivity index (χ2n) is 5.57. The summed E-state index contributed by atoms with van der Waals surface area (Å²) >= 11 is 0. The van der Waals surface area contributed by atoms with Crippen molar-refractivity contribution >= 4 is 11.6 Å². The monoisotopic (exact) mass is 302 g/mol. The number of aliphatic hydroxyl groups excluding tert-OH is 1. The zero-order chi connectivity index (χ0) is 16.1. The Balaban J connectivity index is 2.16. The van der Waals surface area contributed by atoms with Gasteiger partial charge in [-0.05, 0) is 18.1 Å². The van der Waals surface area contributed by atoms with Crippen LogP contribution < -0.4 is 5.32 Å². The number of aliphatic hydroxyl groups is 1. The van der Waals surface area contributed by atoms with Gasteiger partial charge >= 0.3 is 0 Å². The van der Waals surface area contributed by atoms with Crippen molar-refractivity contribution in [3.8, 4) is 11.4 Å². The van der Waals surface area contributed by atoms with Crippen LogP contribution in [-0.4, -0.2) is 32.3 Å². The Morgan fingerprint density at radius 2 is 2.09 bits per heavy atom. The highest BCUT2D eigenvalue weighted by Gasteiger charge is 2.16. The number of benzene rings is 1. The van der Waals surface area contributed by atoms with Crippen molar-refractivity contribution in [1.82, 2.24) is 15.2 Å². The number of nitrogens with one attached hydrogen (secondary N) is 2. The number of anilines is 1. The molecule has 0 bridgehead atoms. The number of amides is 1. The van der Waals surface area contributed by atoms with E-state index in [0.29, 0.717) is 11.5 Å². The van der Waals surface area contributed by atoms with Gasteiger partial charge in [0.15, 0.2) is 5.82 Å². The first-order valence-corrected chi connectivity index (χ1v) is 7.49. The van der Waals surface area contributed by atoms with Crippen LogP contribution in [0.1, 0.15) is 33.0 Å². The smallest absolute Gasteiger partial charge is 0.227 e. The molecule has 3 N–H and O–H groups in total. The molecular weight excluding hydrogens is 280 g/mol. The van der Waals surface area contributed by atoms with Crippen LogP contribution in [-0.2, 0) is 11.2 Å². The van der Waals surface area contributed by atoms with Gasteiger partial charge in [0.2, 0.25) is 5.91 Å². The molecule has 1 aromatic carbocycles. The lowest BCUT2D eigenvalue weighted by molar-refractivity contribution is -0.118. The Morgan fingerprint density at radius 3 is 2.73 bits per heavy atom. The fraction of sp³-hybridized carbons (Fsp3) is 0.438. The number of carbonyl (C=O) groups is 1. The Hall–Kier alpha value is -2.21. The van der Waals surface area contributed by atoms with Crippen LogP contribution in [0, 0.1) is 5.92 Å². The maximum Gasteiger partial charge on any atom is 0.227 e.